The lowest BCUT2D eigenvalue weighted by atomic mass is 10.1. The van der Waals surface area contributed by atoms with Gasteiger partial charge in [0.1, 0.15) is 0 Å². The Balaban J connectivity index is 1.59. The van der Waals surface area contributed by atoms with Gasteiger partial charge in [0.05, 0.1) is 26.2 Å². The maximum Gasteiger partial charge on any atom is 0.0984 e. The van der Waals surface area contributed by atoms with Crippen LogP contribution in [0, 0.1) is 0 Å². The van der Waals surface area contributed by atoms with Crippen molar-refractivity contribution in [1.82, 2.24) is 0 Å². The molecular formula is C36H36N+. The Morgan fingerprint density at radius 2 is 0.541 bits per heavy atom. The van der Waals surface area contributed by atoms with Gasteiger partial charge in [0.15, 0.2) is 0 Å². The van der Waals surface area contributed by atoms with Crippen LogP contribution in [0.5, 0.6) is 0 Å². The van der Waals surface area contributed by atoms with Crippen LogP contribution in [-0.4, -0.2) is 30.7 Å². The molecule has 0 unspecified atom stereocenters. The third-order valence-electron chi connectivity index (χ3n) is 6.41. The second kappa shape index (κ2) is 14.4. The van der Waals surface area contributed by atoms with Crippen LogP contribution < -0.4 is 0 Å². The van der Waals surface area contributed by atoms with Gasteiger partial charge in [-0.3, -0.25) is 0 Å². The van der Waals surface area contributed by atoms with Gasteiger partial charge in [-0.2, -0.15) is 0 Å². The lowest BCUT2D eigenvalue weighted by Crippen LogP contribution is -2.48. The van der Waals surface area contributed by atoms with E-state index in [0.717, 1.165) is 30.7 Å². The number of rotatable bonds is 12. The van der Waals surface area contributed by atoms with Crippen LogP contribution in [0.25, 0.3) is 24.3 Å². The standard InChI is InChI=1S/C36H36N/c1-5-17-33(18-6-1)25-13-29-37(30-14-26-34-19-7-2-8-20-34,31-15-27-35-21-9-3-10-22-35)32-16-28-36-23-11-4-12-24-36/h1-28H,29-32H2/q+1/b25-13+,26-14+,27-15+,28-16+. The fourth-order valence-electron chi connectivity index (χ4n) is 4.35. The van der Waals surface area contributed by atoms with E-state index in [-0.39, 0.29) is 0 Å². The highest BCUT2D eigenvalue weighted by atomic mass is 15.3. The van der Waals surface area contributed by atoms with Gasteiger partial charge in [-0.25, -0.2) is 0 Å². The molecule has 0 saturated carbocycles. The zero-order chi connectivity index (χ0) is 25.4. The Kier molecular flexibility index (Phi) is 10.1. The van der Waals surface area contributed by atoms with Gasteiger partial charge in [-0.05, 0) is 46.6 Å². The Bertz CT molecular complexity index is 1070. The van der Waals surface area contributed by atoms with Crippen molar-refractivity contribution in [2.75, 3.05) is 26.2 Å². The highest BCUT2D eigenvalue weighted by molar-refractivity contribution is 5.51. The summed E-state index contributed by atoms with van der Waals surface area (Å²) in [4.78, 5) is 0. The summed E-state index contributed by atoms with van der Waals surface area (Å²) in [6, 6.07) is 42.3. The Morgan fingerprint density at radius 1 is 0.324 bits per heavy atom. The van der Waals surface area contributed by atoms with Crippen LogP contribution in [0.15, 0.2) is 146 Å². The molecule has 0 aliphatic rings. The van der Waals surface area contributed by atoms with Gasteiger partial charge in [0, 0.05) is 0 Å². The van der Waals surface area contributed by atoms with E-state index in [2.05, 4.69) is 170 Å². The van der Waals surface area contributed by atoms with Gasteiger partial charge in [-0.1, -0.05) is 146 Å². The topological polar surface area (TPSA) is 0 Å². The maximum absolute atomic E-state index is 2.33. The zero-order valence-electron chi connectivity index (χ0n) is 21.4. The first-order valence-corrected chi connectivity index (χ1v) is 13.0. The Hall–Kier alpha value is -4.20. The summed E-state index contributed by atoms with van der Waals surface area (Å²) >= 11 is 0. The summed E-state index contributed by atoms with van der Waals surface area (Å²) in [5, 5.41) is 0. The molecule has 1 nitrogen and oxygen atoms in total. The average Bonchev–Trinajstić information content (AvgIpc) is 2.95. The number of benzene rings is 4. The zero-order valence-corrected chi connectivity index (χ0v) is 21.4. The van der Waals surface area contributed by atoms with Crippen molar-refractivity contribution in [2.45, 2.75) is 0 Å². The molecule has 0 atom stereocenters. The normalized spacial score (nSPS) is 12.3. The molecule has 0 heterocycles. The predicted octanol–water partition coefficient (Wildman–Crippen LogP) is 8.66. The van der Waals surface area contributed by atoms with Crippen molar-refractivity contribution >= 4 is 24.3 Å². The molecule has 184 valence electrons. The van der Waals surface area contributed by atoms with Crippen molar-refractivity contribution in [3.05, 3.63) is 168 Å². The fraction of sp³-hybridized carbons (Fsp3) is 0.111. The third-order valence-corrected chi connectivity index (χ3v) is 6.41. The highest BCUT2D eigenvalue weighted by Gasteiger charge is 2.22. The first kappa shape index (κ1) is 25.9. The van der Waals surface area contributed by atoms with Gasteiger partial charge in [-0.15, -0.1) is 0 Å². The van der Waals surface area contributed by atoms with Crippen molar-refractivity contribution in [3.8, 4) is 0 Å². The van der Waals surface area contributed by atoms with Crippen molar-refractivity contribution < 1.29 is 4.48 Å². The summed E-state index contributed by atoms with van der Waals surface area (Å²) in [5.41, 5.74) is 4.94. The molecule has 0 radical (unpaired) electrons. The summed E-state index contributed by atoms with van der Waals surface area (Å²) in [7, 11) is 0. The van der Waals surface area contributed by atoms with Crippen LogP contribution in [0.1, 0.15) is 22.3 Å². The molecular weight excluding hydrogens is 446 g/mol. The molecule has 0 saturated heterocycles. The number of nitrogens with zero attached hydrogens (tertiary/aromatic N) is 1. The smallest absolute Gasteiger partial charge is 0.0984 e. The quantitative estimate of drug-likeness (QED) is 0.177. The predicted molar refractivity (Wildman–Crippen MR) is 162 cm³/mol. The lowest BCUT2D eigenvalue weighted by Gasteiger charge is -2.35. The highest BCUT2D eigenvalue weighted by Crippen LogP contribution is 2.15. The second-order valence-corrected chi connectivity index (χ2v) is 9.32. The lowest BCUT2D eigenvalue weighted by molar-refractivity contribution is -0.906. The van der Waals surface area contributed by atoms with Crippen molar-refractivity contribution in [3.63, 3.8) is 0 Å². The molecule has 37 heavy (non-hydrogen) atoms. The van der Waals surface area contributed by atoms with Crippen molar-refractivity contribution in [1.29, 1.82) is 0 Å². The fourth-order valence-corrected chi connectivity index (χ4v) is 4.35. The van der Waals surface area contributed by atoms with Gasteiger partial charge in [0.2, 0.25) is 0 Å². The molecule has 0 N–H and O–H groups in total. The molecule has 0 aliphatic heterocycles. The van der Waals surface area contributed by atoms with Gasteiger partial charge in [0.25, 0.3) is 0 Å². The minimum absolute atomic E-state index is 0.902. The molecule has 0 aliphatic carbocycles. The van der Waals surface area contributed by atoms with Gasteiger partial charge < -0.3 is 4.48 Å². The molecule has 4 rings (SSSR count). The first-order valence-electron chi connectivity index (χ1n) is 13.0. The molecule has 4 aromatic rings. The Labute approximate surface area is 222 Å². The van der Waals surface area contributed by atoms with Gasteiger partial charge >= 0.3 is 0 Å². The van der Waals surface area contributed by atoms with E-state index < -0.39 is 0 Å². The molecule has 1 heteroatoms. The summed E-state index contributed by atoms with van der Waals surface area (Å²) in [6.07, 6.45) is 18.3. The monoisotopic (exact) mass is 482 g/mol. The van der Waals surface area contributed by atoms with E-state index >= 15 is 0 Å². The molecule has 0 aromatic heterocycles. The Morgan fingerprint density at radius 3 is 0.757 bits per heavy atom. The van der Waals surface area contributed by atoms with E-state index in [0.29, 0.717) is 0 Å². The van der Waals surface area contributed by atoms with Crippen LogP contribution in [-0.2, 0) is 0 Å². The maximum atomic E-state index is 2.33. The number of hydrogen-bond donors (Lipinski definition) is 0. The molecule has 4 aromatic carbocycles. The van der Waals surface area contributed by atoms with E-state index in [1.54, 1.807) is 0 Å². The van der Waals surface area contributed by atoms with E-state index in [1.165, 1.54) is 22.3 Å². The largest absolute Gasteiger partial charge is 0.311 e. The van der Waals surface area contributed by atoms with E-state index in [9.17, 15) is 0 Å². The van der Waals surface area contributed by atoms with E-state index in [4.69, 9.17) is 0 Å². The summed E-state index contributed by atoms with van der Waals surface area (Å²) < 4.78 is 0.902. The van der Waals surface area contributed by atoms with Crippen molar-refractivity contribution in [2.24, 2.45) is 0 Å². The molecule has 0 fully saturated rings. The molecule has 0 amide bonds. The average molecular weight is 483 g/mol. The summed E-state index contributed by atoms with van der Waals surface area (Å²) in [5.74, 6) is 0. The molecule has 0 bridgehead atoms. The number of hydrogen-bond acceptors (Lipinski definition) is 0. The molecule has 0 spiro atoms. The van der Waals surface area contributed by atoms with Crippen LogP contribution in [0.4, 0.5) is 0 Å². The minimum atomic E-state index is 0.902. The van der Waals surface area contributed by atoms with E-state index in [1.807, 2.05) is 0 Å². The SMILES string of the molecule is C(=C\c1ccccc1)/C[N+](C/C=C/c1ccccc1)(C/C=C/c1ccccc1)C/C=C/c1ccccc1. The van der Waals surface area contributed by atoms with Crippen LogP contribution >= 0.6 is 0 Å². The minimum Gasteiger partial charge on any atom is -0.311 e. The first-order chi connectivity index (χ1) is 18.3. The summed E-state index contributed by atoms with van der Waals surface area (Å²) in [6.45, 7) is 3.75. The third kappa shape index (κ3) is 9.07. The van der Waals surface area contributed by atoms with Crippen LogP contribution in [0.2, 0.25) is 0 Å². The number of quaternary nitrogens is 1. The second-order valence-electron chi connectivity index (χ2n) is 9.32. The van der Waals surface area contributed by atoms with Crippen LogP contribution in [0.3, 0.4) is 0 Å².